The lowest BCUT2D eigenvalue weighted by Crippen LogP contribution is -2.33. The number of unbranched alkanes of at least 4 members (excludes halogenated alkanes) is 2. The van der Waals surface area contributed by atoms with E-state index >= 15 is 0 Å². The molecule has 0 spiro atoms. The standard InChI is InChI=1S/C10H24N2O2/c1-2-3-4-7-14-9-10(13)8-12-6-5-11/h10,12-13H,2-9,11H2,1H3/t10-/m0/s1. The van der Waals surface area contributed by atoms with Gasteiger partial charge in [-0.15, -0.1) is 0 Å². The highest BCUT2D eigenvalue weighted by Gasteiger charge is 2.02. The van der Waals surface area contributed by atoms with E-state index in [9.17, 15) is 5.11 Å². The first-order chi connectivity index (χ1) is 6.81. The Morgan fingerprint density at radius 2 is 2.21 bits per heavy atom. The van der Waals surface area contributed by atoms with Crippen LogP contribution in [0.3, 0.4) is 0 Å². The Balaban J connectivity index is 3.06. The molecule has 0 saturated heterocycles. The number of rotatable bonds is 10. The summed E-state index contributed by atoms with van der Waals surface area (Å²) in [7, 11) is 0. The Morgan fingerprint density at radius 1 is 1.43 bits per heavy atom. The average molecular weight is 204 g/mol. The van der Waals surface area contributed by atoms with Crippen molar-refractivity contribution in [2.75, 3.05) is 32.8 Å². The molecule has 0 radical (unpaired) electrons. The topological polar surface area (TPSA) is 67.5 Å². The molecule has 0 aromatic carbocycles. The van der Waals surface area contributed by atoms with E-state index in [0.717, 1.165) is 19.6 Å². The molecule has 0 aromatic rings. The van der Waals surface area contributed by atoms with Gasteiger partial charge in [-0.3, -0.25) is 0 Å². The van der Waals surface area contributed by atoms with Crippen molar-refractivity contribution in [1.82, 2.24) is 5.32 Å². The molecule has 0 unspecified atom stereocenters. The Hall–Kier alpha value is -0.160. The minimum Gasteiger partial charge on any atom is -0.389 e. The zero-order valence-corrected chi connectivity index (χ0v) is 9.17. The molecule has 0 aromatic heterocycles. The monoisotopic (exact) mass is 204 g/mol. The Morgan fingerprint density at radius 3 is 2.86 bits per heavy atom. The van der Waals surface area contributed by atoms with E-state index in [-0.39, 0.29) is 0 Å². The highest BCUT2D eigenvalue weighted by Crippen LogP contribution is 1.94. The Bertz CT molecular complexity index is 112. The summed E-state index contributed by atoms with van der Waals surface area (Å²) >= 11 is 0. The molecular weight excluding hydrogens is 180 g/mol. The second-order valence-corrected chi connectivity index (χ2v) is 3.43. The summed E-state index contributed by atoms with van der Waals surface area (Å²) in [5.41, 5.74) is 5.29. The van der Waals surface area contributed by atoms with Gasteiger partial charge in [-0.05, 0) is 6.42 Å². The lowest BCUT2D eigenvalue weighted by molar-refractivity contribution is 0.0358. The first-order valence-corrected chi connectivity index (χ1v) is 5.47. The lowest BCUT2D eigenvalue weighted by Gasteiger charge is -2.11. The maximum absolute atomic E-state index is 9.40. The fourth-order valence-corrected chi connectivity index (χ4v) is 1.10. The summed E-state index contributed by atoms with van der Waals surface area (Å²) in [5.74, 6) is 0. The van der Waals surface area contributed by atoms with Crippen LogP contribution in [0, 0.1) is 0 Å². The van der Waals surface area contributed by atoms with E-state index in [1.807, 2.05) is 0 Å². The summed E-state index contributed by atoms with van der Waals surface area (Å²) in [6.45, 7) is 5.23. The zero-order chi connectivity index (χ0) is 10.6. The van der Waals surface area contributed by atoms with Gasteiger partial charge in [0.15, 0.2) is 0 Å². The van der Waals surface area contributed by atoms with E-state index < -0.39 is 6.10 Å². The summed E-state index contributed by atoms with van der Waals surface area (Å²) in [6.07, 6.45) is 3.06. The van der Waals surface area contributed by atoms with E-state index in [2.05, 4.69) is 12.2 Å². The largest absolute Gasteiger partial charge is 0.389 e. The van der Waals surface area contributed by atoms with Gasteiger partial charge >= 0.3 is 0 Å². The van der Waals surface area contributed by atoms with Gasteiger partial charge in [0.05, 0.1) is 12.7 Å². The molecule has 4 N–H and O–H groups in total. The van der Waals surface area contributed by atoms with Crippen LogP contribution in [-0.4, -0.2) is 44.1 Å². The molecule has 86 valence electrons. The number of nitrogens with two attached hydrogens (primary N) is 1. The summed E-state index contributed by atoms with van der Waals surface area (Å²) in [5, 5.41) is 12.4. The summed E-state index contributed by atoms with van der Waals surface area (Å²) in [4.78, 5) is 0. The summed E-state index contributed by atoms with van der Waals surface area (Å²) in [6, 6.07) is 0. The van der Waals surface area contributed by atoms with Gasteiger partial charge in [0.1, 0.15) is 0 Å². The van der Waals surface area contributed by atoms with E-state index in [1.165, 1.54) is 12.8 Å². The SMILES string of the molecule is CCCCCOC[C@@H](O)CNCCN. The van der Waals surface area contributed by atoms with Gasteiger partial charge in [0, 0.05) is 26.2 Å². The molecule has 0 aliphatic rings. The molecule has 0 aliphatic carbocycles. The molecule has 14 heavy (non-hydrogen) atoms. The van der Waals surface area contributed by atoms with Crippen molar-refractivity contribution in [3.8, 4) is 0 Å². The first kappa shape index (κ1) is 13.8. The Kier molecular flexibility index (Phi) is 10.8. The van der Waals surface area contributed by atoms with E-state index in [4.69, 9.17) is 10.5 Å². The predicted octanol–water partition coefficient (Wildman–Crippen LogP) is 0.102. The third-order valence-corrected chi connectivity index (χ3v) is 1.90. The van der Waals surface area contributed by atoms with Crippen LogP contribution < -0.4 is 11.1 Å². The van der Waals surface area contributed by atoms with Crippen molar-refractivity contribution in [2.45, 2.75) is 32.3 Å². The second kappa shape index (κ2) is 10.9. The number of hydrogen-bond acceptors (Lipinski definition) is 4. The van der Waals surface area contributed by atoms with Crippen molar-refractivity contribution in [3.05, 3.63) is 0 Å². The third kappa shape index (κ3) is 9.92. The van der Waals surface area contributed by atoms with Gasteiger partial charge in [0.2, 0.25) is 0 Å². The molecule has 0 bridgehead atoms. The first-order valence-electron chi connectivity index (χ1n) is 5.47. The number of ether oxygens (including phenoxy) is 1. The van der Waals surface area contributed by atoms with Crippen molar-refractivity contribution < 1.29 is 9.84 Å². The minimum absolute atomic E-state index is 0.414. The van der Waals surface area contributed by atoms with Crippen molar-refractivity contribution >= 4 is 0 Å². The third-order valence-electron chi connectivity index (χ3n) is 1.90. The quantitative estimate of drug-likeness (QED) is 0.442. The number of aliphatic hydroxyl groups is 1. The van der Waals surface area contributed by atoms with Crippen LogP contribution in [0.5, 0.6) is 0 Å². The second-order valence-electron chi connectivity index (χ2n) is 3.43. The Labute approximate surface area is 86.8 Å². The maximum Gasteiger partial charge on any atom is 0.0897 e. The molecule has 0 aliphatic heterocycles. The predicted molar refractivity (Wildman–Crippen MR) is 58.3 cm³/mol. The van der Waals surface area contributed by atoms with Crippen LogP contribution in [0.2, 0.25) is 0 Å². The lowest BCUT2D eigenvalue weighted by atomic mass is 10.3. The van der Waals surface area contributed by atoms with E-state index in [1.54, 1.807) is 0 Å². The fourth-order valence-electron chi connectivity index (χ4n) is 1.10. The number of nitrogens with one attached hydrogen (secondary N) is 1. The van der Waals surface area contributed by atoms with Crippen LogP contribution in [-0.2, 0) is 4.74 Å². The molecular formula is C10H24N2O2. The molecule has 0 fully saturated rings. The van der Waals surface area contributed by atoms with E-state index in [0.29, 0.717) is 19.7 Å². The molecule has 0 saturated carbocycles. The van der Waals surface area contributed by atoms with Crippen LogP contribution in [0.1, 0.15) is 26.2 Å². The average Bonchev–Trinajstić information content (AvgIpc) is 2.18. The molecule has 4 heteroatoms. The number of hydrogen-bond donors (Lipinski definition) is 3. The zero-order valence-electron chi connectivity index (χ0n) is 9.17. The molecule has 1 atom stereocenters. The van der Waals surface area contributed by atoms with Crippen molar-refractivity contribution in [1.29, 1.82) is 0 Å². The maximum atomic E-state index is 9.40. The smallest absolute Gasteiger partial charge is 0.0897 e. The minimum atomic E-state index is -0.414. The van der Waals surface area contributed by atoms with Gasteiger partial charge in [-0.2, -0.15) is 0 Å². The molecule has 0 rings (SSSR count). The van der Waals surface area contributed by atoms with Crippen LogP contribution in [0.15, 0.2) is 0 Å². The normalized spacial score (nSPS) is 13.1. The van der Waals surface area contributed by atoms with Gasteiger partial charge in [-0.1, -0.05) is 19.8 Å². The highest BCUT2D eigenvalue weighted by atomic mass is 16.5. The van der Waals surface area contributed by atoms with Crippen molar-refractivity contribution in [2.24, 2.45) is 5.73 Å². The molecule has 0 heterocycles. The fraction of sp³-hybridized carbons (Fsp3) is 1.00. The number of aliphatic hydroxyl groups excluding tert-OH is 1. The van der Waals surface area contributed by atoms with Gasteiger partial charge in [0.25, 0.3) is 0 Å². The van der Waals surface area contributed by atoms with Crippen LogP contribution >= 0.6 is 0 Å². The van der Waals surface area contributed by atoms with Gasteiger partial charge in [-0.25, -0.2) is 0 Å². The van der Waals surface area contributed by atoms with Crippen LogP contribution in [0.4, 0.5) is 0 Å². The van der Waals surface area contributed by atoms with Gasteiger partial charge < -0.3 is 20.9 Å². The molecule has 0 amide bonds. The van der Waals surface area contributed by atoms with Crippen LogP contribution in [0.25, 0.3) is 0 Å². The molecule has 4 nitrogen and oxygen atoms in total. The van der Waals surface area contributed by atoms with Crippen molar-refractivity contribution in [3.63, 3.8) is 0 Å². The summed E-state index contributed by atoms with van der Waals surface area (Å²) < 4.78 is 5.31. The highest BCUT2D eigenvalue weighted by molar-refractivity contribution is 4.58.